The Morgan fingerprint density at radius 2 is 1.81 bits per heavy atom. The summed E-state index contributed by atoms with van der Waals surface area (Å²) in [4.78, 5) is 11.0. The van der Waals surface area contributed by atoms with Crippen molar-refractivity contribution in [3.8, 4) is 11.4 Å². The number of aliphatic hydroxyl groups is 1. The maximum absolute atomic E-state index is 9.97. The van der Waals surface area contributed by atoms with Crippen molar-refractivity contribution in [3.63, 3.8) is 0 Å². The van der Waals surface area contributed by atoms with Crippen LogP contribution in [0.2, 0.25) is 0 Å². The van der Waals surface area contributed by atoms with Gasteiger partial charge in [0, 0.05) is 12.2 Å². The Kier molecular flexibility index (Phi) is 7.39. The number of hydrogen-bond acceptors (Lipinski definition) is 8. The summed E-state index contributed by atoms with van der Waals surface area (Å²) in [6, 6.07) is 16.1. The topological polar surface area (TPSA) is 101 Å². The molecule has 1 unspecified atom stereocenters. The van der Waals surface area contributed by atoms with E-state index >= 15 is 0 Å². The molecule has 1 atom stereocenters. The first-order valence-corrected chi connectivity index (χ1v) is 12.6. The molecule has 5 rings (SSSR count). The van der Waals surface area contributed by atoms with Gasteiger partial charge in [0.15, 0.2) is 11.2 Å². The molecule has 1 fully saturated rings. The van der Waals surface area contributed by atoms with E-state index in [4.69, 9.17) is 4.74 Å². The quantitative estimate of drug-likeness (QED) is 0.360. The minimum Gasteiger partial charge on any atom is -0.491 e. The zero-order chi connectivity index (χ0) is 24.9. The van der Waals surface area contributed by atoms with Crippen molar-refractivity contribution in [2.24, 2.45) is 0 Å². The van der Waals surface area contributed by atoms with Crippen LogP contribution in [0, 0.1) is 0 Å². The zero-order valence-electron chi connectivity index (χ0n) is 20.8. The molecule has 0 spiro atoms. The van der Waals surface area contributed by atoms with Crippen molar-refractivity contribution in [3.05, 3.63) is 60.3 Å². The summed E-state index contributed by atoms with van der Waals surface area (Å²) >= 11 is 0. The lowest BCUT2D eigenvalue weighted by Crippen LogP contribution is -2.30. The van der Waals surface area contributed by atoms with Gasteiger partial charge in [0.25, 0.3) is 0 Å². The second-order valence-electron chi connectivity index (χ2n) is 9.71. The Balaban J connectivity index is 1.27. The fourth-order valence-corrected chi connectivity index (χ4v) is 4.72. The lowest BCUT2D eigenvalue weighted by atomic mass is 9.84. The number of likely N-dealkylation sites (N-methyl/N-ethyl adjacent to an activating group) is 1. The number of benzene rings is 2. The van der Waals surface area contributed by atoms with Crippen LogP contribution in [0.1, 0.15) is 43.6 Å². The predicted octanol–water partition coefficient (Wildman–Crippen LogP) is 4.30. The third-order valence-corrected chi connectivity index (χ3v) is 6.54. The number of nitrogens with zero attached hydrogens (tertiary/aromatic N) is 6. The second-order valence-corrected chi connectivity index (χ2v) is 9.71. The number of anilines is 2. The fraction of sp³-hybridized carbons (Fsp3) is 0.407. The van der Waals surface area contributed by atoms with E-state index in [2.05, 4.69) is 49.9 Å². The highest BCUT2D eigenvalue weighted by Crippen LogP contribution is 2.33. The van der Waals surface area contributed by atoms with E-state index in [0.717, 1.165) is 11.4 Å². The maximum atomic E-state index is 9.97. The molecule has 0 radical (unpaired) electrons. The number of aromatic nitrogens is 5. The van der Waals surface area contributed by atoms with E-state index in [0.29, 0.717) is 35.3 Å². The highest BCUT2D eigenvalue weighted by molar-refractivity contribution is 5.72. The summed E-state index contributed by atoms with van der Waals surface area (Å²) in [5, 5.41) is 21.8. The molecule has 188 valence electrons. The monoisotopic (exact) mass is 487 g/mol. The van der Waals surface area contributed by atoms with Gasteiger partial charge in [0.2, 0.25) is 5.95 Å². The zero-order valence-corrected chi connectivity index (χ0v) is 20.8. The lowest BCUT2D eigenvalue weighted by Gasteiger charge is -2.22. The second kappa shape index (κ2) is 11.0. The Hall–Kier alpha value is -3.56. The van der Waals surface area contributed by atoms with Gasteiger partial charge < -0.3 is 20.1 Å². The van der Waals surface area contributed by atoms with E-state index in [1.54, 1.807) is 10.9 Å². The number of rotatable bonds is 9. The van der Waals surface area contributed by atoms with Crippen LogP contribution in [0.15, 0.2) is 54.7 Å². The SMILES string of the molecule is CN(C)CC(O)COc1ccc(Nc2ncc3nnn(-c4ccc(C5CCCCC5)cc4)c3n2)cc1. The van der Waals surface area contributed by atoms with Crippen molar-refractivity contribution < 1.29 is 9.84 Å². The van der Waals surface area contributed by atoms with Gasteiger partial charge in [-0.2, -0.15) is 9.67 Å². The number of ether oxygens (including phenoxy) is 1. The fourth-order valence-electron chi connectivity index (χ4n) is 4.72. The van der Waals surface area contributed by atoms with Crippen LogP contribution in [-0.4, -0.2) is 68.3 Å². The summed E-state index contributed by atoms with van der Waals surface area (Å²) in [6.07, 6.45) is 7.69. The van der Waals surface area contributed by atoms with E-state index in [1.165, 1.54) is 37.7 Å². The minimum absolute atomic E-state index is 0.239. The van der Waals surface area contributed by atoms with Gasteiger partial charge in [-0.05, 0) is 74.8 Å². The van der Waals surface area contributed by atoms with Gasteiger partial charge in [0.1, 0.15) is 18.5 Å². The molecule has 36 heavy (non-hydrogen) atoms. The van der Waals surface area contributed by atoms with Crippen LogP contribution >= 0.6 is 0 Å². The van der Waals surface area contributed by atoms with Gasteiger partial charge in [0.05, 0.1) is 11.9 Å². The van der Waals surface area contributed by atoms with Crippen molar-refractivity contribution in [1.82, 2.24) is 29.9 Å². The molecule has 0 saturated heterocycles. The molecule has 0 aliphatic heterocycles. The smallest absolute Gasteiger partial charge is 0.229 e. The molecule has 0 amide bonds. The van der Waals surface area contributed by atoms with Crippen molar-refractivity contribution >= 4 is 22.8 Å². The number of aliphatic hydroxyl groups excluding tert-OH is 1. The predicted molar refractivity (Wildman–Crippen MR) is 140 cm³/mol. The molecule has 1 aliphatic carbocycles. The summed E-state index contributed by atoms with van der Waals surface area (Å²) < 4.78 is 7.43. The lowest BCUT2D eigenvalue weighted by molar-refractivity contribution is 0.0831. The Morgan fingerprint density at radius 3 is 2.53 bits per heavy atom. The van der Waals surface area contributed by atoms with E-state index in [-0.39, 0.29) is 6.61 Å². The van der Waals surface area contributed by atoms with Crippen LogP contribution in [-0.2, 0) is 0 Å². The Morgan fingerprint density at radius 1 is 1.06 bits per heavy atom. The highest BCUT2D eigenvalue weighted by atomic mass is 16.5. The van der Waals surface area contributed by atoms with Crippen LogP contribution in [0.3, 0.4) is 0 Å². The molecule has 1 saturated carbocycles. The van der Waals surface area contributed by atoms with E-state index in [1.807, 2.05) is 43.3 Å². The molecule has 2 heterocycles. The van der Waals surface area contributed by atoms with Crippen LogP contribution in [0.5, 0.6) is 5.75 Å². The third-order valence-electron chi connectivity index (χ3n) is 6.54. The minimum atomic E-state index is -0.542. The first-order chi connectivity index (χ1) is 17.5. The molecule has 1 aliphatic rings. The average Bonchev–Trinajstić information content (AvgIpc) is 3.32. The molecule has 2 aromatic heterocycles. The summed E-state index contributed by atoms with van der Waals surface area (Å²) in [5.41, 5.74) is 4.44. The van der Waals surface area contributed by atoms with E-state index < -0.39 is 6.10 Å². The summed E-state index contributed by atoms with van der Waals surface area (Å²) in [6.45, 7) is 0.791. The highest BCUT2D eigenvalue weighted by Gasteiger charge is 2.16. The average molecular weight is 488 g/mol. The van der Waals surface area contributed by atoms with Gasteiger partial charge in [-0.15, -0.1) is 5.10 Å². The van der Waals surface area contributed by atoms with Crippen molar-refractivity contribution in [2.45, 2.75) is 44.1 Å². The molecule has 9 nitrogen and oxygen atoms in total. The Bertz CT molecular complexity index is 1270. The molecule has 0 bridgehead atoms. The molecule has 2 aromatic carbocycles. The number of hydrogen-bond donors (Lipinski definition) is 2. The van der Waals surface area contributed by atoms with Crippen LogP contribution in [0.25, 0.3) is 16.9 Å². The van der Waals surface area contributed by atoms with Crippen molar-refractivity contribution in [1.29, 1.82) is 0 Å². The molecular weight excluding hydrogens is 454 g/mol. The van der Waals surface area contributed by atoms with Crippen LogP contribution in [0.4, 0.5) is 11.6 Å². The largest absolute Gasteiger partial charge is 0.491 e. The first kappa shape index (κ1) is 24.1. The van der Waals surface area contributed by atoms with Crippen molar-refractivity contribution in [2.75, 3.05) is 32.6 Å². The van der Waals surface area contributed by atoms with Gasteiger partial charge in [-0.1, -0.05) is 36.6 Å². The summed E-state index contributed by atoms with van der Waals surface area (Å²) in [5.74, 6) is 1.81. The molecule has 2 N–H and O–H groups in total. The number of nitrogens with one attached hydrogen (secondary N) is 1. The molecule has 4 aromatic rings. The maximum Gasteiger partial charge on any atom is 0.229 e. The third kappa shape index (κ3) is 5.80. The Labute approximate surface area is 211 Å². The van der Waals surface area contributed by atoms with Gasteiger partial charge >= 0.3 is 0 Å². The van der Waals surface area contributed by atoms with Crippen LogP contribution < -0.4 is 10.1 Å². The molecule has 9 heteroatoms. The van der Waals surface area contributed by atoms with E-state index in [9.17, 15) is 5.11 Å². The van der Waals surface area contributed by atoms with Gasteiger partial charge in [-0.25, -0.2) is 4.98 Å². The number of fused-ring (bicyclic) bond motifs is 1. The standard InChI is InChI=1S/C27H33N7O2/c1-33(2)17-23(35)18-36-24-14-10-21(11-15-24)29-27-28-16-25-26(30-27)34(32-31-25)22-12-8-20(9-13-22)19-6-4-3-5-7-19/h8-16,19,23,35H,3-7,17-18H2,1-2H3,(H,28,29,30). The normalized spacial score (nSPS) is 15.3. The van der Waals surface area contributed by atoms with Gasteiger partial charge in [-0.3, -0.25) is 0 Å². The summed E-state index contributed by atoms with van der Waals surface area (Å²) in [7, 11) is 3.83. The first-order valence-electron chi connectivity index (χ1n) is 12.6. The molecular formula is C27H33N7O2.